The molecule has 1 unspecified atom stereocenters. The van der Waals surface area contributed by atoms with Crippen molar-refractivity contribution in [2.45, 2.75) is 24.9 Å². The number of rotatable bonds is 1. The van der Waals surface area contributed by atoms with Gasteiger partial charge in [0.15, 0.2) is 0 Å². The number of hydrogen-bond donors (Lipinski definition) is 1. The molecular weight excluding hydrogens is 353 g/mol. The van der Waals surface area contributed by atoms with E-state index in [1.807, 2.05) is 24.3 Å². The molecule has 0 saturated carbocycles. The maximum atomic E-state index is 12.9. The van der Waals surface area contributed by atoms with Crippen LogP contribution in [0.25, 0.3) is 5.76 Å². The minimum atomic E-state index is -4.41. The second-order valence-electron chi connectivity index (χ2n) is 6.56. The van der Waals surface area contributed by atoms with Crippen LogP contribution in [0.1, 0.15) is 34.6 Å². The Morgan fingerprint density at radius 1 is 1.04 bits per heavy atom. The third kappa shape index (κ3) is 2.85. The van der Waals surface area contributed by atoms with Crippen LogP contribution in [0.15, 0.2) is 65.6 Å². The largest absolute Gasteiger partial charge is 0.440 e. The molecule has 0 radical (unpaired) electrons. The average molecular weight is 368 g/mol. The number of allylic oxidation sites excluding steroid dienone is 2. The van der Waals surface area contributed by atoms with Crippen molar-refractivity contribution < 1.29 is 17.9 Å². The Balaban J connectivity index is 1.85. The van der Waals surface area contributed by atoms with Gasteiger partial charge >= 0.3 is 6.18 Å². The number of nitriles is 1. The van der Waals surface area contributed by atoms with Gasteiger partial charge in [0.2, 0.25) is 5.88 Å². The van der Waals surface area contributed by atoms with Crippen LogP contribution in [-0.4, -0.2) is 0 Å². The lowest BCUT2D eigenvalue weighted by Gasteiger charge is -2.33. The molecule has 2 N–H and O–H groups in total. The van der Waals surface area contributed by atoms with E-state index in [2.05, 4.69) is 6.07 Å². The van der Waals surface area contributed by atoms with Crippen molar-refractivity contribution in [3.05, 3.63) is 87.8 Å². The molecule has 3 nitrogen and oxygen atoms in total. The summed E-state index contributed by atoms with van der Waals surface area (Å²) in [6.07, 6.45) is -2.99. The highest BCUT2D eigenvalue weighted by molar-refractivity contribution is 5.74. The molecule has 0 amide bonds. The molecule has 0 spiro atoms. The van der Waals surface area contributed by atoms with Gasteiger partial charge in [0, 0.05) is 11.5 Å². The minimum absolute atomic E-state index is 0.00199. The maximum absolute atomic E-state index is 12.9. The predicted octanol–water partition coefficient (Wildman–Crippen LogP) is 4.87. The van der Waals surface area contributed by atoms with Crippen LogP contribution < -0.4 is 5.73 Å². The molecule has 1 aliphatic carbocycles. The van der Waals surface area contributed by atoms with E-state index in [0.717, 1.165) is 35.3 Å². The molecule has 0 bridgehead atoms. The Morgan fingerprint density at radius 3 is 2.41 bits per heavy atom. The number of halogens is 3. The van der Waals surface area contributed by atoms with Crippen molar-refractivity contribution in [2.24, 2.45) is 5.73 Å². The second-order valence-corrected chi connectivity index (χ2v) is 6.56. The number of alkyl halides is 3. The monoisotopic (exact) mass is 368 g/mol. The zero-order chi connectivity index (χ0) is 19.2. The van der Waals surface area contributed by atoms with Gasteiger partial charge in [-0.1, -0.05) is 36.4 Å². The van der Waals surface area contributed by atoms with Gasteiger partial charge in [0.05, 0.1) is 5.56 Å². The highest BCUT2D eigenvalue weighted by Crippen LogP contribution is 2.47. The first-order valence-corrected chi connectivity index (χ1v) is 8.46. The SMILES string of the molecule is N#CC1=C(N)OC2=C(CCc3ccccc32)C1c1ccc(C(F)(F)F)cc1. The molecule has 6 heteroatoms. The number of nitrogens with zero attached hydrogens (tertiary/aromatic N) is 1. The van der Waals surface area contributed by atoms with Gasteiger partial charge in [0.1, 0.15) is 17.4 Å². The summed E-state index contributed by atoms with van der Waals surface area (Å²) >= 11 is 0. The van der Waals surface area contributed by atoms with E-state index in [4.69, 9.17) is 10.5 Å². The molecule has 1 heterocycles. The third-order valence-electron chi connectivity index (χ3n) is 5.02. The Labute approximate surface area is 154 Å². The molecule has 2 aromatic rings. The predicted molar refractivity (Wildman–Crippen MR) is 93.8 cm³/mol. The smallest absolute Gasteiger partial charge is 0.416 e. The minimum Gasteiger partial charge on any atom is -0.440 e. The second kappa shape index (κ2) is 6.20. The first-order chi connectivity index (χ1) is 12.9. The Bertz CT molecular complexity index is 1010. The van der Waals surface area contributed by atoms with Gasteiger partial charge in [0.25, 0.3) is 0 Å². The van der Waals surface area contributed by atoms with E-state index in [1.165, 1.54) is 12.1 Å². The lowest BCUT2D eigenvalue weighted by Crippen LogP contribution is -2.23. The first-order valence-electron chi connectivity index (χ1n) is 8.46. The Morgan fingerprint density at radius 2 is 1.74 bits per heavy atom. The van der Waals surface area contributed by atoms with Gasteiger partial charge in [-0.15, -0.1) is 0 Å². The zero-order valence-electron chi connectivity index (χ0n) is 14.2. The summed E-state index contributed by atoms with van der Waals surface area (Å²) in [6.45, 7) is 0. The van der Waals surface area contributed by atoms with Gasteiger partial charge in [-0.2, -0.15) is 18.4 Å². The van der Waals surface area contributed by atoms with Gasteiger partial charge in [-0.25, -0.2) is 0 Å². The number of aryl methyl sites for hydroxylation is 1. The van der Waals surface area contributed by atoms with Gasteiger partial charge in [-0.3, -0.25) is 0 Å². The van der Waals surface area contributed by atoms with E-state index < -0.39 is 17.7 Å². The molecule has 0 fully saturated rings. The summed E-state index contributed by atoms with van der Waals surface area (Å²) in [5, 5.41) is 9.59. The highest BCUT2D eigenvalue weighted by Gasteiger charge is 2.36. The average Bonchev–Trinajstić information content (AvgIpc) is 2.66. The Kier molecular flexibility index (Phi) is 3.96. The molecular formula is C21H15F3N2O. The van der Waals surface area contributed by atoms with Crippen LogP contribution in [0.5, 0.6) is 0 Å². The molecule has 0 aromatic heterocycles. The standard InChI is InChI=1S/C21H15F3N2O/c22-21(23,24)14-8-5-13(6-9-14)18-16-10-7-12-3-1-2-4-15(12)19(16)27-20(26)17(18)11-25/h1-6,8-9,18H,7,10,26H2. The topological polar surface area (TPSA) is 59.0 Å². The van der Waals surface area contributed by atoms with Gasteiger partial charge in [-0.05, 0) is 41.7 Å². The van der Waals surface area contributed by atoms with E-state index in [0.29, 0.717) is 17.7 Å². The van der Waals surface area contributed by atoms with Crippen molar-refractivity contribution >= 4 is 5.76 Å². The summed E-state index contributed by atoms with van der Waals surface area (Å²) in [7, 11) is 0. The summed E-state index contributed by atoms with van der Waals surface area (Å²) in [5.74, 6) is 0.102. The summed E-state index contributed by atoms with van der Waals surface area (Å²) in [4.78, 5) is 0. The van der Waals surface area contributed by atoms with Crippen molar-refractivity contribution in [1.82, 2.24) is 0 Å². The molecule has 136 valence electrons. The Hall–Kier alpha value is -3.20. The van der Waals surface area contributed by atoms with Crippen LogP contribution in [0.2, 0.25) is 0 Å². The number of nitrogens with two attached hydrogens (primary N) is 1. The number of ether oxygens (including phenoxy) is 1. The molecule has 4 rings (SSSR count). The van der Waals surface area contributed by atoms with Crippen molar-refractivity contribution in [3.63, 3.8) is 0 Å². The molecule has 0 saturated heterocycles. The molecule has 2 aromatic carbocycles. The van der Waals surface area contributed by atoms with Crippen molar-refractivity contribution in [3.8, 4) is 6.07 Å². The van der Waals surface area contributed by atoms with E-state index in [-0.39, 0.29) is 11.5 Å². The number of hydrogen-bond acceptors (Lipinski definition) is 3. The third-order valence-corrected chi connectivity index (χ3v) is 5.02. The zero-order valence-corrected chi connectivity index (χ0v) is 14.2. The normalized spacial score (nSPS) is 19.1. The van der Waals surface area contributed by atoms with E-state index in [1.54, 1.807) is 0 Å². The molecule has 2 aliphatic rings. The lowest BCUT2D eigenvalue weighted by atomic mass is 9.76. The molecule has 1 atom stereocenters. The highest BCUT2D eigenvalue weighted by atomic mass is 19.4. The summed E-state index contributed by atoms with van der Waals surface area (Å²) in [5.41, 5.74) is 9.01. The summed E-state index contributed by atoms with van der Waals surface area (Å²) < 4.78 is 44.5. The van der Waals surface area contributed by atoms with Crippen molar-refractivity contribution in [1.29, 1.82) is 5.26 Å². The van der Waals surface area contributed by atoms with Crippen LogP contribution >= 0.6 is 0 Å². The van der Waals surface area contributed by atoms with Crippen LogP contribution in [0.4, 0.5) is 13.2 Å². The lowest BCUT2D eigenvalue weighted by molar-refractivity contribution is -0.137. The number of benzene rings is 2. The van der Waals surface area contributed by atoms with Crippen LogP contribution in [0, 0.1) is 11.3 Å². The maximum Gasteiger partial charge on any atom is 0.416 e. The number of fused-ring (bicyclic) bond motifs is 2. The first kappa shape index (κ1) is 17.2. The van der Waals surface area contributed by atoms with Crippen LogP contribution in [-0.2, 0) is 17.3 Å². The summed E-state index contributed by atoms with van der Waals surface area (Å²) in [6, 6.07) is 14.7. The molecule has 27 heavy (non-hydrogen) atoms. The molecule has 1 aliphatic heterocycles. The van der Waals surface area contributed by atoms with Crippen LogP contribution in [0.3, 0.4) is 0 Å². The fraction of sp³-hybridized carbons (Fsp3) is 0.190. The van der Waals surface area contributed by atoms with E-state index in [9.17, 15) is 18.4 Å². The van der Waals surface area contributed by atoms with Gasteiger partial charge < -0.3 is 10.5 Å². The van der Waals surface area contributed by atoms with Crippen molar-refractivity contribution in [2.75, 3.05) is 0 Å². The fourth-order valence-electron chi connectivity index (χ4n) is 3.75. The van der Waals surface area contributed by atoms with E-state index >= 15 is 0 Å². The fourth-order valence-corrected chi connectivity index (χ4v) is 3.75. The quantitative estimate of drug-likeness (QED) is 0.781.